The van der Waals surface area contributed by atoms with E-state index in [1.54, 1.807) is 35.7 Å². The van der Waals surface area contributed by atoms with Gasteiger partial charge in [0.15, 0.2) is 17.5 Å². The molecule has 1 N–H and O–H groups in total. The van der Waals surface area contributed by atoms with E-state index in [2.05, 4.69) is 5.32 Å². The van der Waals surface area contributed by atoms with Crippen LogP contribution in [-0.4, -0.2) is 41.3 Å². The molecule has 1 fully saturated rings. The molecule has 0 saturated carbocycles. The molecule has 0 spiro atoms. The van der Waals surface area contributed by atoms with E-state index in [0.717, 1.165) is 11.5 Å². The number of carbonyl (C=O) groups is 2. The Balaban J connectivity index is 1.82. The van der Waals surface area contributed by atoms with Gasteiger partial charge in [-0.2, -0.15) is 11.8 Å². The number of benzene rings is 2. The van der Waals surface area contributed by atoms with Crippen LogP contribution < -0.4 is 5.32 Å². The summed E-state index contributed by atoms with van der Waals surface area (Å²) >= 11 is 1.79. The van der Waals surface area contributed by atoms with Crippen molar-refractivity contribution >= 4 is 29.3 Å². The molecule has 2 aromatic carbocycles. The predicted octanol–water partition coefficient (Wildman–Crippen LogP) is 3.85. The standard InChI is InChI=1S/C19H17F3N2O2S/c1-11-2-3-12(19(26)24-4-6-27-7-5-24)10-16(11)23-18(25)13-8-14(20)17(22)15(21)9-13/h2-3,8-10H,4-7H2,1H3,(H,23,25). The van der Waals surface area contributed by atoms with E-state index in [0.29, 0.717) is 42.0 Å². The quantitative estimate of drug-likeness (QED) is 0.805. The third-order valence-electron chi connectivity index (χ3n) is 4.28. The van der Waals surface area contributed by atoms with Crippen LogP contribution in [0.3, 0.4) is 0 Å². The Morgan fingerprint density at radius 1 is 1.00 bits per heavy atom. The van der Waals surface area contributed by atoms with Crippen molar-refractivity contribution in [2.24, 2.45) is 0 Å². The number of hydrogen-bond donors (Lipinski definition) is 1. The van der Waals surface area contributed by atoms with Crippen LogP contribution in [0.2, 0.25) is 0 Å². The van der Waals surface area contributed by atoms with E-state index in [1.807, 2.05) is 0 Å². The molecule has 0 bridgehead atoms. The third kappa shape index (κ3) is 4.27. The van der Waals surface area contributed by atoms with Gasteiger partial charge in [-0.3, -0.25) is 9.59 Å². The molecular weight excluding hydrogens is 377 g/mol. The van der Waals surface area contributed by atoms with Crippen LogP contribution in [0.15, 0.2) is 30.3 Å². The van der Waals surface area contributed by atoms with Crippen LogP contribution in [0.4, 0.5) is 18.9 Å². The van der Waals surface area contributed by atoms with Gasteiger partial charge in [-0.1, -0.05) is 6.07 Å². The molecule has 0 radical (unpaired) electrons. The van der Waals surface area contributed by atoms with Crippen LogP contribution >= 0.6 is 11.8 Å². The highest BCUT2D eigenvalue weighted by atomic mass is 32.2. The maximum atomic E-state index is 13.3. The number of hydrogen-bond acceptors (Lipinski definition) is 3. The van der Waals surface area contributed by atoms with E-state index in [1.165, 1.54) is 6.07 Å². The summed E-state index contributed by atoms with van der Waals surface area (Å²) in [5.74, 6) is -3.69. The number of halogens is 3. The van der Waals surface area contributed by atoms with Gasteiger partial charge in [0.25, 0.3) is 11.8 Å². The molecule has 1 aliphatic rings. The highest BCUT2D eigenvalue weighted by Gasteiger charge is 2.20. The Morgan fingerprint density at radius 2 is 1.63 bits per heavy atom. The lowest BCUT2D eigenvalue weighted by atomic mass is 10.1. The summed E-state index contributed by atoms with van der Waals surface area (Å²) in [4.78, 5) is 26.7. The number of rotatable bonds is 3. The molecule has 3 rings (SSSR count). The SMILES string of the molecule is Cc1ccc(C(=O)N2CCSCC2)cc1NC(=O)c1cc(F)c(F)c(F)c1. The molecule has 1 saturated heterocycles. The zero-order valence-electron chi connectivity index (χ0n) is 14.5. The molecule has 1 heterocycles. The van der Waals surface area contributed by atoms with Crippen LogP contribution in [0, 0.1) is 24.4 Å². The number of carbonyl (C=O) groups excluding carboxylic acids is 2. The van der Waals surface area contributed by atoms with Crippen molar-refractivity contribution in [3.63, 3.8) is 0 Å². The van der Waals surface area contributed by atoms with Crippen molar-refractivity contribution in [1.29, 1.82) is 0 Å². The first kappa shape index (κ1) is 19.3. The summed E-state index contributed by atoms with van der Waals surface area (Å²) in [7, 11) is 0. The van der Waals surface area contributed by atoms with E-state index >= 15 is 0 Å². The number of anilines is 1. The molecular formula is C19H17F3N2O2S. The maximum Gasteiger partial charge on any atom is 0.255 e. The Hall–Kier alpha value is -2.48. The topological polar surface area (TPSA) is 49.4 Å². The molecule has 142 valence electrons. The molecule has 8 heteroatoms. The number of aryl methyl sites for hydroxylation is 1. The molecule has 0 unspecified atom stereocenters. The van der Waals surface area contributed by atoms with E-state index < -0.39 is 23.4 Å². The zero-order valence-corrected chi connectivity index (χ0v) is 15.3. The van der Waals surface area contributed by atoms with Gasteiger partial charge < -0.3 is 10.2 Å². The smallest absolute Gasteiger partial charge is 0.255 e. The van der Waals surface area contributed by atoms with Crippen molar-refractivity contribution in [2.45, 2.75) is 6.92 Å². The predicted molar refractivity (Wildman–Crippen MR) is 98.7 cm³/mol. The lowest BCUT2D eigenvalue weighted by Gasteiger charge is -2.26. The average molecular weight is 394 g/mol. The summed E-state index contributed by atoms with van der Waals surface area (Å²) < 4.78 is 39.8. The molecule has 4 nitrogen and oxygen atoms in total. The molecule has 0 atom stereocenters. The molecule has 2 aromatic rings. The molecule has 0 aromatic heterocycles. The maximum absolute atomic E-state index is 13.3. The summed E-state index contributed by atoms with van der Waals surface area (Å²) in [5.41, 5.74) is 1.09. The fourth-order valence-electron chi connectivity index (χ4n) is 2.72. The van der Waals surface area contributed by atoms with Gasteiger partial charge in [0.2, 0.25) is 0 Å². The van der Waals surface area contributed by atoms with E-state index in [4.69, 9.17) is 0 Å². The van der Waals surface area contributed by atoms with Gasteiger partial charge in [0.1, 0.15) is 0 Å². The summed E-state index contributed by atoms with van der Waals surface area (Å²) in [6, 6.07) is 6.15. The molecule has 0 aliphatic carbocycles. The van der Waals surface area contributed by atoms with Crippen LogP contribution in [0.1, 0.15) is 26.3 Å². The van der Waals surface area contributed by atoms with Crippen molar-refractivity contribution in [1.82, 2.24) is 4.90 Å². The van der Waals surface area contributed by atoms with Gasteiger partial charge in [0, 0.05) is 41.4 Å². The summed E-state index contributed by atoms with van der Waals surface area (Å²) in [6.45, 7) is 3.05. The van der Waals surface area contributed by atoms with Crippen LogP contribution in [0.5, 0.6) is 0 Å². The van der Waals surface area contributed by atoms with Gasteiger partial charge in [-0.25, -0.2) is 13.2 Å². The van der Waals surface area contributed by atoms with Crippen LogP contribution in [0.25, 0.3) is 0 Å². The Kier molecular flexibility index (Phi) is 5.74. The highest BCUT2D eigenvalue weighted by Crippen LogP contribution is 2.21. The largest absolute Gasteiger partial charge is 0.337 e. The van der Waals surface area contributed by atoms with Gasteiger partial charge in [-0.15, -0.1) is 0 Å². The van der Waals surface area contributed by atoms with E-state index in [-0.39, 0.29) is 11.5 Å². The minimum Gasteiger partial charge on any atom is -0.337 e. The minimum absolute atomic E-state index is 0.135. The Labute approximate surface area is 158 Å². The number of nitrogens with zero attached hydrogens (tertiary/aromatic N) is 1. The minimum atomic E-state index is -1.63. The first-order chi connectivity index (χ1) is 12.9. The number of thioether (sulfide) groups is 1. The lowest BCUT2D eigenvalue weighted by Crippen LogP contribution is -2.37. The van der Waals surface area contributed by atoms with Crippen molar-refractivity contribution in [2.75, 3.05) is 29.9 Å². The fraction of sp³-hybridized carbons (Fsp3) is 0.263. The second-order valence-electron chi connectivity index (χ2n) is 6.14. The lowest BCUT2D eigenvalue weighted by molar-refractivity contribution is 0.0772. The highest BCUT2D eigenvalue weighted by molar-refractivity contribution is 7.99. The molecule has 2 amide bonds. The monoisotopic (exact) mass is 394 g/mol. The third-order valence-corrected chi connectivity index (χ3v) is 5.22. The van der Waals surface area contributed by atoms with Gasteiger partial charge in [0.05, 0.1) is 0 Å². The first-order valence-corrected chi connectivity index (χ1v) is 9.46. The van der Waals surface area contributed by atoms with Crippen molar-refractivity contribution in [3.8, 4) is 0 Å². The number of amides is 2. The van der Waals surface area contributed by atoms with Crippen molar-refractivity contribution in [3.05, 3.63) is 64.5 Å². The first-order valence-electron chi connectivity index (χ1n) is 8.30. The van der Waals surface area contributed by atoms with Gasteiger partial charge >= 0.3 is 0 Å². The number of nitrogens with one attached hydrogen (secondary N) is 1. The second-order valence-corrected chi connectivity index (χ2v) is 7.37. The summed E-state index contributed by atoms with van der Waals surface area (Å²) in [5, 5.41) is 2.53. The Bertz CT molecular complexity index is 876. The fourth-order valence-corrected chi connectivity index (χ4v) is 3.62. The average Bonchev–Trinajstić information content (AvgIpc) is 2.67. The van der Waals surface area contributed by atoms with Crippen molar-refractivity contribution < 1.29 is 22.8 Å². The van der Waals surface area contributed by atoms with E-state index in [9.17, 15) is 22.8 Å². The van der Waals surface area contributed by atoms with Crippen LogP contribution in [-0.2, 0) is 0 Å². The molecule has 1 aliphatic heterocycles. The molecule has 27 heavy (non-hydrogen) atoms. The summed E-state index contributed by atoms with van der Waals surface area (Å²) in [6.07, 6.45) is 0. The zero-order chi connectivity index (χ0) is 19.6. The Morgan fingerprint density at radius 3 is 2.26 bits per heavy atom. The second kappa shape index (κ2) is 8.04. The van der Waals surface area contributed by atoms with Gasteiger partial charge in [-0.05, 0) is 36.8 Å². The normalized spacial score (nSPS) is 14.1.